The van der Waals surface area contributed by atoms with Gasteiger partial charge in [0.15, 0.2) is 0 Å². The van der Waals surface area contributed by atoms with Crippen molar-refractivity contribution < 1.29 is 9.59 Å². The first-order valence-corrected chi connectivity index (χ1v) is 11.3. The highest BCUT2D eigenvalue weighted by atomic mass is 16.2. The molecule has 1 N–H and O–H groups in total. The van der Waals surface area contributed by atoms with Crippen molar-refractivity contribution >= 4 is 11.8 Å². The van der Waals surface area contributed by atoms with Crippen LogP contribution in [0, 0.1) is 13.8 Å². The first-order valence-electron chi connectivity index (χ1n) is 11.3. The Hall–Kier alpha value is -2.56. The molecule has 5 nitrogen and oxygen atoms in total. The molecule has 0 spiro atoms. The SMILES string of the molecule is Cc1cc(C(=O)NCc2cccc(CN3CCCC3=O)c2)c(C)n1C1CCCCC1. The van der Waals surface area contributed by atoms with Gasteiger partial charge in [0.05, 0.1) is 5.56 Å². The summed E-state index contributed by atoms with van der Waals surface area (Å²) < 4.78 is 2.38. The molecule has 1 aliphatic carbocycles. The molecule has 160 valence electrons. The number of amides is 2. The van der Waals surface area contributed by atoms with Crippen LogP contribution in [-0.4, -0.2) is 27.8 Å². The van der Waals surface area contributed by atoms with Crippen molar-refractivity contribution in [1.29, 1.82) is 0 Å². The Morgan fingerprint density at radius 3 is 2.57 bits per heavy atom. The van der Waals surface area contributed by atoms with Crippen LogP contribution in [0.3, 0.4) is 0 Å². The molecule has 2 aliphatic rings. The molecule has 0 radical (unpaired) electrons. The van der Waals surface area contributed by atoms with Crippen molar-refractivity contribution in [2.75, 3.05) is 6.54 Å². The zero-order valence-electron chi connectivity index (χ0n) is 18.2. The Balaban J connectivity index is 1.40. The Labute approximate surface area is 179 Å². The quantitative estimate of drug-likeness (QED) is 0.757. The average molecular weight is 408 g/mol. The van der Waals surface area contributed by atoms with Crippen LogP contribution in [0.15, 0.2) is 30.3 Å². The summed E-state index contributed by atoms with van der Waals surface area (Å²) in [5, 5.41) is 3.10. The van der Waals surface area contributed by atoms with Crippen LogP contribution >= 0.6 is 0 Å². The summed E-state index contributed by atoms with van der Waals surface area (Å²) in [7, 11) is 0. The van der Waals surface area contributed by atoms with Crippen LogP contribution in [0.1, 0.15) is 83.9 Å². The number of aromatic nitrogens is 1. The summed E-state index contributed by atoms with van der Waals surface area (Å²) in [6.45, 7) is 6.18. The van der Waals surface area contributed by atoms with Gasteiger partial charge >= 0.3 is 0 Å². The van der Waals surface area contributed by atoms with Gasteiger partial charge in [-0.2, -0.15) is 0 Å². The minimum absolute atomic E-state index is 0.00900. The third-order valence-electron chi connectivity index (χ3n) is 6.66. The van der Waals surface area contributed by atoms with Gasteiger partial charge in [-0.25, -0.2) is 0 Å². The summed E-state index contributed by atoms with van der Waals surface area (Å²) in [6, 6.07) is 10.7. The second-order valence-electron chi connectivity index (χ2n) is 8.87. The number of rotatable bonds is 6. The van der Waals surface area contributed by atoms with E-state index in [1.165, 1.54) is 37.8 Å². The maximum atomic E-state index is 12.9. The van der Waals surface area contributed by atoms with Gasteiger partial charge in [-0.3, -0.25) is 9.59 Å². The van der Waals surface area contributed by atoms with Crippen LogP contribution in [0.2, 0.25) is 0 Å². The van der Waals surface area contributed by atoms with E-state index in [0.717, 1.165) is 35.3 Å². The van der Waals surface area contributed by atoms with Gasteiger partial charge in [-0.15, -0.1) is 0 Å². The molecule has 2 heterocycles. The lowest BCUT2D eigenvalue weighted by Gasteiger charge is -2.26. The normalized spacial score (nSPS) is 17.5. The van der Waals surface area contributed by atoms with Crippen molar-refractivity contribution in [3.63, 3.8) is 0 Å². The number of hydrogen-bond acceptors (Lipinski definition) is 2. The van der Waals surface area contributed by atoms with Gasteiger partial charge in [0.1, 0.15) is 0 Å². The number of benzene rings is 1. The van der Waals surface area contributed by atoms with E-state index in [2.05, 4.69) is 35.9 Å². The van der Waals surface area contributed by atoms with E-state index < -0.39 is 0 Å². The molecule has 4 rings (SSSR count). The fraction of sp³-hybridized carbons (Fsp3) is 0.520. The molecular weight excluding hydrogens is 374 g/mol. The van der Waals surface area contributed by atoms with Crippen molar-refractivity contribution in [2.45, 2.75) is 77.9 Å². The lowest BCUT2D eigenvalue weighted by molar-refractivity contribution is -0.128. The highest BCUT2D eigenvalue weighted by molar-refractivity contribution is 5.95. The number of hydrogen-bond donors (Lipinski definition) is 1. The standard InChI is InChI=1S/C25H33N3O2/c1-18-14-23(19(2)28(18)22-10-4-3-5-11-22)25(30)26-16-20-8-6-9-21(15-20)17-27-13-7-12-24(27)29/h6,8-9,14-15,22H,3-5,7,10-13,16-17H2,1-2H3,(H,26,30). The van der Waals surface area contributed by atoms with E-state index in [4.69, 9.17) is 0 Å². The Morgan fingerprint density at radius 1 is 1.07 bits per heavy atom. The van der Waals surface area contributed by atoms with Gasteiger partial charge in [-0.1, -0.05) is 43.5 Å². The van der Waals surface area contributed by atoms with Crippen molar-refractivity contribution in [1.82, 2.24) is 14.8 Å². The molecule has 0 bridgehead atoms. The second kappa shape index (κ2) is 9.07. The highest BCUT2D eigenvalue weighted by Gasteiger charge is 2.23. The van der Waals surface area contributed by atoms with Crippen LogP contribution in [0.25, 0.3) is 0 Å². The molecule has 2 aromatic rings. The summed E-state index contributed by atoms with van der Waals surface area (Å²) in [5.41, 5.74) is 5.23. The lowest BCUT2D eigenvalue weighted by atomic mass is 9.95. The number of likely N-dealkylation sites (tertiary alicyclic amines) is 1. The summed E-state index contributed by atoms with van der Waals surface area (Å²) in [5.74, 6) is 0.229. The van der Waals surface area contributed by atoms with E-state index in [9.17, 15) is 9.59 Å². The number of carbonyl (C=O) groups excluding carboxylic acids is 2. The summed E-state index contributed by atoms with van der Waals surface area (Å²) in [4.78, 5) is 26.7. The zero-order chi connectivity index (χ0) is 21.1. The molecule has 1 saturated carbocycles. The minimum Gasteiger partial charge on any atom is -0.348 e. The number of nitrogens with one attached hydrogen (secondary N) is 1. The van der Waals surface area contributed by atoms with Crippen LogP contribution in [0.5, 0.6) is 0 Å². The summed E-state index contributed by atoms with van der Waals surface area (Å²) in [6.07, 6.45) is 7.93. The lowest BCUT2D eigenvalue weighted by Crippen LogP contribution is -2.25. The first kappa shape index (κ1) is 20.7. The van der Waals surface area contributed by atoms with Crippen molar-refractivity contribution in [3.05, 3.63) is 58.4 Å². The summed E-state index contributed by atoms with van der Waals surface area (Å²) >= 11 is 0. The maximum absolute atomic E-state index is 12.9. The fourth-order valence-corrected chi connectivity index (χ4v) is 5.12. The van der Waals surface area contributed by atoms with Gasteiger partial charge < -0.3 is 14.8 Å². The number of carbonyl (C=O) groups is 2. The molecule has 1 aromatic heterocycles. The largest absolute Gasteiger partial charge is 0.348 e. The van der Waals surface area contributed by atoms with Crippen molar-refractivity contribution in [3.8, 4) is 0 Å². The van der Waals surface area contributed by atoms with Crippen LogP contribution in [0.4, 0.5) is 0 Å². The predicted molar refractivity (Wildman–Crippen MR) is 118 cm³/mol. The Bertz CT molecular complexity index is 924. The van der Waals surface area contributed by atoms with Gasteiger partial charge in [0.25, 0.3) is 5.91 Å². The smallest absolute Gasteiger partial charge is 0.253 e. The minimum atomic E-state index is -0.00900. The molecule has 2 fully saturated rings. The fourth-order valence-electron chi connectivity index (χ4n) is 5.12. The van der Waals surface area contributed by atoms with Gasteiger partial charge in [0, 0.05) is 43.5 Å². The third-order valence-corrected chi connectivity index (χ3v) is 6.66. The van der Waals surface area contributed by atoms with E-state index in [-0.39, 0.29) is 11.8 Å². The molecule has 1 aliphatic heterocycles. The molecule has 1 saturated heterocycles. The number of aryl methyl sites for hydroxylation is 1. The molecular formula is C25H33N3O2. The highest BCUT2D eigenvalue weighted by Crippen LogP contribution is 2.32. The first-order chi connectivity index (χ1) is 14.5. The zero-order valence-corrected chi connectivity index (χ0v) is 18.2. The van der Waals surface area contributed by atoms with E-state index in [0.29, 0.717) is 25.6 Å². The second-order valence-corrected chi connectivity index (χ2v) is 8.87. The van der Waals surface area contributed by atoms with Gasteiger partial charge in [-0.05, 0) is 50.3 Å². The van der Waals surface area contributed by atoms with Crippen molar-refractivity contribution in [2.24, 2.45) is 0 Å². The van der Waals surface area contributed by atoms with E-state index >= 15 is 0 Å². The molecule has 0 unspecified atom stereocenters. The monoisotopic (exact) mass is 407 g/mol. The molecule has 2 amide bonds. The average Bonchev–Trinajstić information content (AvgIpc) is 3.29. The molecule has 5 heteroatoms. The topological polar surface area (TPSA) is 54.3 Å². The molecule has 0 atom stereocenters. The van der Waals surface area contributed by atoms with Crippen LogP contribution < -0.4 is 5.32 Å². The molecule has 1 aromatic carbocycles. The Kier molecular flexibility index (Phi) is 6.26. The van der Waals surface area contributed by atoms with E-state index in [1.54, 1.807) is 0 Å². The maximum Gasteiger partial charge on any atom is 0.253 e. The van der Waals surface area contributed by atoms with Crippen LogP contribution in [-0.2, 0) is 17.9 Å². The van der Waals surface area contributed by atoms with Gasteiger partial charge in [0.2, 0.25) is 5.91 Å². The Morgan fingerprint density at radius 2 is 1.83 bits per heavy atom. The molecule has 30 heavy (non-hydrogen) atoms. The third kappa shape index (κ3) is 4.45. The number of nitrogens with zero attached hydrogens (tertiary/aromatic N) is 2. The predicted octanol–water partition coefficient (Wildman–Crippen LogP) is 4.66. The van der Waals surface area contributed by atoms with E-state index in [1.807, 2.05) is 23.1 Å².